The number of azo groups is 1. The van der Waals surface area contributed by atoms with E-state index in [9.17, 15) is 65.2 Å². The van der Waals surface area contributed by atoms with Crippen LogP contribution in [0, 0.1) is 53.8 Å². The van der Waals surface area contributed by atoms with Crippen LogP contribution < -0.4 is 11.1 Å². The van der Waals surface area contributed by atoms with Crippen molar-refractivity contribution in [1.29, 1.82) is 0 Å². The summed E-state index contributed by atoms with van der Waals surface area (Å²) in [5.41, 5.74) is 8.35. The van der Waals surface area contributed by atoms with Crippen LogP contribution in [0.4, 0.5) is 22.7 Å². The zero-order chi connectivity index (χ0) is 47.0. The van der Waals surface area contributed by atoms with Gasteiger partial charge >= 0.3 is 63.8 Å². The number of nitrogens with two attached hydrogens (primary N) is 1. The van der Waals surface area contributed by atoms with Gasteiger partial charge in [-0.3, -0.25) is 47.8 Å². The molecule has 0 saturated heterocycles. The predicted octanol–water partition coefficient (Wildman–Crippen LogP) is 2.50. The first kappa shape index (κ1) is 53.1. The number of fused-ring (bicyclic) bond motifs is 1. The van der Waals surface area contributed by atoms with Crippen molar-refractivity contribution in [1.82, 2.24) is 14.7 Å². The van der Waals surface area contributed by atoms with E-state index >= 15 is 0 Å². The van der Waals surface area contributed by atoms with Crippen LogP contribution in [0.2, 0.25) is 0 Å². The largest absolute Gasteiger partial charge is 3.00 e. The molecule has 0 bridgehead atoms. The van der Waals surface area contributed by atoms with Crippen molar-refractivity contribution in [2.24, 2.45) is 10.2 Å². The fourth-order valence-corrected chi connectivity index (χ4v) is 7.86. The van der Waals surface area contributed by atoms with Crippen molar-refractivity contribution < 1.29 is 115 Å². The van der Waals surface area contributed by atoms with E-state index in [2.05, 4.69) is 15.5 Å². The van der Waals surface area contributed by atoms with Gasteiger partial charge in [-0.2, -0.15) is 21.9 Å². The normalized spacial score (nSPS) is 11.9. The summed E-state index contributed by atoms with van der Waals surface area (Å²) in [5.74, 6) is -6.40. The number of anilines is 2. The average molecular weight is 1080 g/mol. The van der Waals surface area contributed by atoms with Gasteiger partial charge in [0.25, 0.3) is 20.2 Å². The summed E-state index contributed by atoms with van der Waals surface area (Å²) in [6, 6.07) is 12.9. The molecule has 0 fully saturated rings. The molecule has 0 saturated carbocycles. The van der Waals surface area contributed by atoms with Gasteiger partial charge in [0.15, 0.2) is 5.75 Å². The van der Waals surface area contributed by atoms with Gasteiger partial charge in [-0.1, -0.05) is 18.2 Å². The van der Waals surface area contributed by atoms with Crippen LogP contribution in [0.3, 0.4) is 0 Å². The Labute approximate surface area is 397 Å². The number of carboxylic acid groups (broad SMARTS) is 4. The van der Waals surface area contributed by atoms with E-state index in [-0.39, 0.29) is 77.2 Å². The Morgan fingerprint density at radius 3 is 1.53 bits per heavy atom. The molecule has 0 spiro atoms. The molecule has 0 aliphatic heterocycles. The number of aromatic hydroxyl groups is 1. The molecular formula is C38H43GdN7O16S2+3. The van der Waals surface area contributed by atoms with E-state index in [1.807, 2.05) is 0 Å². The minimum atomic E-state index is -5.10. The molecular weight excluding hydrogens is 1030 g/mol. The molecule has 0 aliphatic carbocycles. The van der Waals surface area contributed by atoms with E-state index < -0.39 is 109 Å². The van der Waals surface area contributed by atoms with Crippen LogP contribution in [-0.4, -0.2) is 155 Å². The maximum absolute atomic E-state index is 13.1. The van der Waals surface area contributed by atoms with E-state index in [1.54, 1.807) is 50.2 Å². The molecule has 1 radical (unpaired) electrons. The molecule has 0 unspecified atom stereocenters. The predicted molar refractivity (Wildman–Crippen MR) is 224 cm³/mol. The van der Waals surface area contributed by atoms with E-state index in [4.69, 9.17) is 15.9 Å². The molecule has 23 nitrogen and oxygen atoms in total. The third-order valence-electron chi connectivity index (χ3n) is 9.34. The molecule has 4 aromatic carbocycles. The summed E-state index contributed by atoms with van der Waals surface area (Å²) in [6.07, 6.45) is 0. The summed E-state index contributed by atoms with van der Waals surface area (Å²) in [7, 11) is -10.2. The van der Waals surface area contributed by atoms with Gasteiger partial charge in [-0.15, -0.1) is 5.11 Å². The van der Waals surface area contributed by atoms with Crippen molar-refractivity contribution in [2.45, 2.75) is 23.6 Å². The Bertz CT molecular complexity index is 2700. The first-order chi connectivity index (χ1) is 29.3. The smallest absolute Gasteiger partial charge is 0.505 e. The average Bonchev–Trinajstić information content (AvgIpc) is 3.14. The Kier molecular flexibility index (Phi) is 18.7. The quantitative estimate of drug-likeness (QED) is 0.0310. The molecule has 4 aromatic rings. The number of amides is 1. The van der Waals surface area contributed by atoms with Gasteiger partial charge in [-0.05, 0) is 72.5 Å². The van der Waals surface area contributed by atoms with Gasteiger partial charge < -0.3 is 36.6 Å². The number of nitrogen functional groups attached to an aromatic ring is 1. The minimum absolute atomic E-state index is 0. The summed E-state index contributed by atoms with van der Waals surface area (Å²) in [5, 5.41) is 58.1. The van der Waals surface area contributed by atoms with Gasteiger partial charge in [0.2, 0.25) is 5.91 Å². The molecule has 1 amide bonds. The Balaban J connectivity index is 0.0000109. The molecule has 64 heavy (non-hydrogen) atoms. The number of phenolic OH excluding ortho intramolecular Hbond substituents is 1. The summed E-state index contributed by atoms with van der Waals surface area (Å²) in [4.78, 5) is 60.3. The maximum Gasteiger partial charge on any atom is 3.00 e. The SMILES string of the molecule is Cc1cc(-c2ccc(NC(=O)CN(CCN(CCN(CC(=O)O)CC(=O)O)CC(=O)O)CC(=O)O)c(C)c2)ccc1N=Nc1ccc2c(S(=O)(=O)O)cc(S(=O)(=O)O)c(N)c2c1O.[Gd+3]. The topological polar surface area (TPSA) is 368 Å². The van der Waals surface area contributed by atoms with Gasteiger partial charge in [0.05, 0.1) is 49.5 Å². The van der Waals surface area contributed by atoms with Crippen LogP contribution in [0.1, 0.15) is 11.1 Å². The summed E-state index contributed by atoms with van der Waals surface area (Å²) in [6.45, 7) is 0.480. The van der Waals surface area contributed by atoms with Crippen molar-refractivity contribution in [3.8, 4) is 16.9 Å². The molecule has 0 aromatic heterocycles. The van der Waals surface area contributed by atoms with Crippen LogP contribution in [-0.2, 0) is 44.2 Å². The monoisotopic (exact) mass is 1080 g/mol. The van der Waals surface area contributed by atoms with Crippen LogP contribution in [0.15, 0.2) is 74.6 Å². The summed E-state index contributed by atoms with van der Waals surface area (Å²) < 4.78 is 67.2. The fraction of sp³-hybridized carbons (Fsp3) is 0.289. The van der Waals surface area contributed by atoms with Crippen molar-refractivity contribution in [3.63, 3.8) is 0 Å². The zero-order valence-corrected chi connectivity index (χ0v) is 37.7. The maximum atomic E-state index is 13.1. The number of carboxylic acids is 4. The molecule has 10 N–H and O–H groups in total. The second-order valence-corrected chi connectivity index (χ2v) is 16.9. The third-order valence-corrected chi connectivity index (χ3v) is 11.1. The molecule has 0 atom stereocenters. The van der Waals surface area contributed by atoms with E-state index in [0.29, 0.717) is 28.6 Å². The van der Waals surface area contributed by atoms with Crippen LogP contribution >= 0.6 is 0 Å². The molecule has 0 heterocycles. The fourth-order valence-electron chi connectivity index (χ4n) is 6.42. The Morgan fingerprint density at radius 1 is 0.609 bits per heavy atom. The number of hydrogen-bond donors (Lipinski definition) is 9. The third kappa shape index (κ3) is 14.9. The Hall–Kier alpha value is -5.29. The number of aryl methyl sites for hydroxylation is 2. The number of carbonyl (C=O) groups is 5. The van der Waals surface area contributed by atoms with Crippen molar-refractivity contribution in [3.05, 3.63) is 65.7 Å². The zero-order valence-electron chi connectivity index (χ0n) is 33.8. The standard InChI is InChI=1S/C38H43N7O16S2.Gd/c1-21-13-23(3-6-26(21)40-31(46)16-44(18-33(49)50)11-9-43(17-32(47)48)10-12-45(19-34(51)52)20-35(53)54)24-4-7-27(22(2)14-24)41-42-28-8-5-25-29(62(56,57)58)15-30(63(59,60)61)37(39)36(25)38(28)55;/h3-8,13-15,55H,9-12,16-20,39H2,1-2H3,(H,40,46)(H,47,48)(H,49,50)(H,51,52)(H,53,54)(H,56,57,58)(H,59,60,61);/q;+3. The van der Waals surface area contributed by atoms with Crippen molar-refractivity contribution in [2.75, 3.05) is 70.0 Å². The van der Waals surface area contributed by atoms with Gasteiger partial charge in [0, 0.05) is 37.3 Å². The number of rotatable bonds is 22. The van der Waals surface area contributed by atoms with E-state index in [0.717, 1.165) is 28.2 Å². The van der Waals surface area contributed by atoms with Crippen LogP contribution in [0.25, 0.3) is 21.9 Å². The van der Waals surface area contributed by atoms with Crippen molar-refractivity contribution >= 4 is 83.5 Å². The number of benzene rings is 4. The summed E-state index contributed by atoms with van der Waals surface area (Å²) >= 11 is 0. The van der Waals surface area contributed by atoms with Crippen LogP contribution in [0.5, 0.6) is 5.75 Å². The molecule has 26 heteroatoms. The number of phenols is 1. The number of carbonyl (C=O) groups excluding carboxylic acids is 1. The first-order valence-corrected chi connectivity index (χ1v) is 21.2. The number of nitrogens with one attached hydrogen (secondary N) is 1. The van der Waals surface area contributed by atoms with Gasteiger partial charge in [-0.25, -0.2) is 0 Å². The minimum Gasteiger partial charge on any atom is -0.505 e. The number of nitrogens with zero attached hydrogens (tertiary/aromatic N) is 5. The van der Waals surface area contributed by atoms with Gasteiger partial charge in [0.1, 0.15) is 15.5 Å². The molecule has 0 aliphatic rings. The number of hydrogen-bond acceptors (Lipinski definition) is 16. The van der Waals surface area contributed by atoms with E-state index in [1.165, 1.54) is 9.80 Å². The Morgan fingerprint density at radius 2 is 1.05 bits per heavy atom. The number of aliphatic carboxylic acids is 4. The first-order valence-electron chi connectivity index (χ1n) is 18.3. The second-order valence-electron chi connectivity index (χ2n) is 14.1. The molecule has 4 rings (SSSR count). The second kappa shape index (κ2) is 22.6. The molecule has 343 valence electrons.